The molecule has 3 N–H and O–H groups in total. The fourth-order valence-electron chi connectivity index (χ4n) is 1.94. The smallest absolute Gasteiger partial charge is 0.252 e. The van der Waals surface area contributed by atoms with E-state index in [0.717, 1.165) is 16.7 Å². The van der Waals surface area contributed by atoms with E-state index in [0.29, 0.717) is 5.56 Å². The van der Waals surface area contributed by atoms with Crippen LogP contribution < -0.4 is 5.32 Å². The third-order valence-corrected chi connectivity index (χ3v) is 2.68. The predicted molar refractivity (Wildman–Crippen MR) is 66.1 cm³/mol. The summed E-state index contributed by atoms with van der Waals surface area (Å²) in [6.45, 7) is 5.19. The van der Waals surface area contributed by atoms with E-state index in [2.05, 4.69) is 5.32 Å². The molecule has 1 rings (SSSR count). The highest BCUT2D eigenvalue weighted by Gasteiger charge is 2.16. The van der Waals surface area contributed by atoms with Crippen LogP contribution in [0.2, 0.25) is 0 Å². The zero-order chi connectivity index (χ0) is 13.0. The molecule has 94 valence electrons. The maximum Gasteiger partial charge on any atom is 0.252 e. The van der Waals surface area contributed by atoms with Crippen molar-refractivity contribution in [2.45, 2.75) is 26.8 Å². The third-order valence-electron chi connectivity index (χ3n) is 2.68. The zero-order valence-corrected chi connectivity index (χ0v) is 10.4. The average molecular weight is 237 g/mol. The van der Waals surface area contributed by atoms with Gasteiger partial charge in [-0.05, 0) is 31.9 Å². The first-order valence-corrected chi connectivity index (χ1v) is 5.60. The van der Waals surface area contributed by atoms with Crippen LogP contribution in [-0.2, 0) is 0 Å². The van der Waals surface area contributed by atoms with Gasteiger partial charge in [0.25, 0.3) is 5.91 Å². The zero-order valence-electron chi connectivity index (χ0n) is 10.4. The van der Waals surface area contributed by atoms with E-state index >= 15 is 0 Å². The highest BCUT2D eigenvalue weighted by atomic mass is 16.3. The van der Waals surface area contributed by atoms with Gasteiger partial charge >= 0.3 is 0 Å². The van der Waals surface area contributed by atoms with E-state index in [-0.39, 0.29) is 19.1 Å². The fraction of sp³-hybridized carbons (Fsp3) is 0.462. The topological polar surface area (TPSA) is 69.6 Å². The van der Waals surface area contributed by atoms with Crippen LogP contribution in [-0.4, -0.2) is 35.4 Å². The van der Waals surface area contributed by atoms with E-state index in [4.69, 9.17) is 10.2 Å². The van der Waals surface area contributed by atoms with Crippen LogP contribution in [0.15, 0.2) is 12.1 Å². The Morgan fingerprint density at radius 3 is 2.06 bits per heavy atom. The monoisotopic (exact) mass is 237 g/mol. The van der Waals surface area contributed by atoms with Crippen LogP contribution in [0.25, 0.3) is 0 Å². The Hall–Kier alpha value is -1.39. The summed E-state index contributed by atoms with van der Waals surface area (Å²) in [5.41, 5.74) is 3.52. The second kappa shape index (κ2) is 5.80. The van der Waals surface area contributed by atoms with Crippen LogP contribution in [0.1, 0.15) is 27.0 Å². The van der Waals surface area contributed by atoms with E-state index in [9.17, 15) is 4.79 Å². The van der Waals surface area contributed by atoms with Gasteiger partial charge in [-0.1, -0.05) is 17.7 Å². The summed E-state index contributed by atoms with van der Waals surface area (Å²) in [7, 11) is 0. The maximum absolute atomic E-state index is 12.0. The van der Waals surface area contributed by atoms with E-state index < -0.39 is 6.04 Å². The molecule has 0 radical (unpaired) electrons. The van der Waals surface area contributed by atoms with E-state index in [1.807, 2.05) is 32.9 Å². The van der Waals surface area contributed by atoms with Gasteiger partial charge < -0.3 is 15.5 Å². The minimum atomic E-state index is -0.609. The number of rotatable bonds is 4. The van der Waals surface area contributed by atoms with Crippen LogP contribution >= 0.6 is 0 Å². The van der Waals surface area contributed by atoms with Gasteiger partial charge in [-0.3, -0.25) is 4.79 Å². The molecule has 0 fully saturated rings. The molecule has 0 heterocycles. The quantitative estimate of drug-likeness (QED) is 0.722. The summed E-state index contributed by atoms with van der Waals surface area (Å²) < 4.78 is 0. The summed E-state index contributed by atoms with van der Waals surface area (Å²) in [5.74, 6) is -0.256. The Bertz CT molecular complexity index is 388. The molecular formula is C13H19NO3. The van der Waals surface area contributed by atoms with Crippen LogP contribution in [0, 0.1) is 20.8 Å². The number of aliphatic hydroxyl groups excluding tert-OH is 2. The molecule has 17 heavy (non-hydrogen) atoms. The molecule has 1 aromatic carbocycles. The number of aryl methyl sites for hydroxylation is 3. The van der Waals surface area contributed by atoms with E-state index in [1.165, 1.54) is 0 Å². The SMILES string of the molecule is Cc1cc(C)c(C(=O)NC(CO)CO)c(C)c1. The number of hydrogen-bond acceptors (Lipinski definition) is 3. The molecule has 0 unspecified atom stereocenters. The molecule has 0 saturated carbocycles. The largest absolute Gasteiger partial charge is 0.394 e. The van der Waals surface area contributed by atoms with Crippen molar-refractivity contribution in [2.75, 3.05) is 13.2 Å². The molecule has 1 amide bonds. The molecule has 0 bridgehead atoms. The number of carbonyl (C=O) groups excluding carboxylic acids is 1. The minimum Gasteiger partial charge on any atom is -0.394 e. The van der Waals surface area contributed by atoms with Gasteiger partial charge in [0.2, 0.25) is 0 Å². The van der Waals surface area contributed by atoms with Crippen molar-refractivity contribution in [1.82, 2.24) is 5.32 Å². The minimum absolute atomic E-state index is 0.256. The molecule has 0 saturated heterocycles. The number of carbonyl (C=O) groups is 1. The molecule has 0 atom stereocenters. The lowest BCUT2D eigenvalue weighted by atomic mass is 9.99. The van der Waals surface area contributed by atoms with Crippen molar-refractivity contribution in [1.29, 1.82) is 0 Å². The second-order valence-corrected chi connectivity index (χ2v) is 4.31. The average Bonchev–Trinajstić information content (AvgIpc) is 2.24. The van der Waals surface area contributed by atoms with Gasteiger partial charge in [0, 0.05) is 5.56 Å². The van der Waals surface area contributed by atoms with Gasteiger partial charge in [0.15, 0.2) is 0 Å². The first-order chi connectivity index (χ1) is 7.99. The molecule has 0 spiro atoms. The summed E-state index contributed by atoms with van der Waals surface area (Å²) in [4.78, 5) is 12.0. The van der Waals surface area contributed by atoms with Crippen molar-refractivity contribution in [3.05, 3.63) is 34.4 Å². The highest BCUT2D eigenvalue weighted by Crippen LogP contribution is 2.16. The Morgan fingerprint density at radius 2 is 1.65 bits per heavy atom. The van der Waals surface area contributed by atoms with Crippen molar-refractivity contribution < 1.29 is 15.0 Å². The number of aliphatic hydroxyl groups is 2. The molecule has 1 aromatic rings. The van der Waals surface area contributed by atoms with Crippen molar-refractivity contribution in [3.8, 4) is 0 Å². The van der Waals surface area contributed by atoms with Gasteiger partial charge in [0.1, 0.15) is 0 Å². The number of hydrogen-bond donors (Lipinski definition) is 3. The Kier molecular flexibility index (Phi) is 4.66. The highest BCUT2D eigenvalue weighted by molar-refractivity contribution is 5.97. The van der Waals surface area contributed by atoms with Crippen molar-refractivity contribution in [3.63, 3.8) is 0 Å². The molecular weight excluding hydrogens is 218 g/mol. The van der Waals surface area contributed by atoms with Gasteiger partial charge in [-0.15, -0.1) is 0 Å². The standard InChI is InChI=1S/C13H19NO3/c1-8-4-9(2)12(10(3)5-8)13(17)14-11(6-15)7-16/h4-5,11,15-16H,6-7H2,1-3H3,(H,14,17). The summed E-state index contributed by atoms with van der Waals surface area (Å²) in [6, 6.07) is 3.27. The third kappa shape index (κ3) is 3.28. The van der Waals surface area contributed by atoms with Crippen molar-refractivity contribution in [2.24, 2.45) is 0 Å². The molecule has 4 heteroatoms. The van der Waals surface area contributed by atoms with Crippen LogP contribution in [0.3, 0.4) is 0 Å². The molecule has 0 aliphatic rings. The molecule has 0 aliphatic carbocycles. The number of nitrogens with one attached hydrogen (secondary N) is 1. The normalized spacial score (nSPS) is 10.7. The molecule has 0 aliphatic heterocycles. The van der Waals surface area contributed by atoms with E-state index in [1.54, 1.807) is 0 Å². The lowest BCUT2D eigenvalue weighted by Gasteiger charge is -2.16. The Balaban J connectivity index is 2.96. The first-order valence-electron chi connectivity index (χ1n) is 5.60. The molecule has 0 aromatic heterocycles. The van der Waals surface area contributed by atoms with Gasteiger partial charge in [0.05, 0.1) is 19.3 Å². The number of benzene rings is 1. The summed E-state index contributed by atoms with van der Waals surface area (Å²) in [5, 5.41) is 20.5. The Morgan fingerprint density at radius 1 is 1.18 bits per heavy atom. The molecule has 4 nitrogen and oxygen atoms in total. The van der Waals surface area contributed by atoms with Crippen LogP contribution in [0.5, 0.6) is 0 Å². The van der Waals surface area contributed by atoms with Gasteiger partial charge in [-0.2, -0.15) is 0 Å². The predicted octanol–water partition coefficient (Wildman–Crippen LogP) is 0.695. The number of amides is 1. The van der Waals surface area contributed by atoms with Gasteiger partial charge in [-0.25, -0.2) is 0 Å². The lowest BCUT2D eigenvalue weighted by Crippen LogP contribution is -2.40. The van der Waals surface area contributed by atoms with Crippen LogP contribution in [0.4, 0.5) is 0 Å². The summed E-state index contributed by atoms with van der Waals surface area (Å²) in [6.07, 6.45) is 0. The first kappa shape index (κ1) is 13.7. The van der Waals surface area contributed by atoms with Crippen molar-refractivity contribution >= 4 is 5.91 Å². The second-order valence-electron chi connectivity index (χ2n) is 4.31. The maximum atomic E-state index is 12.0. The fourth-order valence-corrected chi connectivity index (χ4v) is 1.94. The summed E-state index contributed by atoms with van der Waals surface area (Å²) >= 11 is 0. The lowest BCUT2D eigenvalue weighted by molar-refractivity contribution is 0.0878. The Labute approximate surface area is 101 Å².